The van der Waals surface area contributed by atoms with Crippen LogP contribution in [0.1, 0.15) is 55.3 Å². The van der Waals surface area contributed by atoms with Gasteiger partial charge in [0.05, 0.1) is 17.2 Å². The quantitative estimate of drug-likeness (QED) is 0.721. The fourth-order valence-corrected chi connectivity index (χ4v) is 4.06. The maximum atomic E-state index is 13.0. The van der Waals surface area contributed by atoms with Crippen molar-refractivity contribution in [3.8, 4) is 0 Å². The molecule has 0 radical (unpaired) electrons. The number of nitrogen functional groups attached to an aromatic ring is 1. The molecule has 1 aromatic heterocycles. The molecule has 1 saturated heterocycles. The average molecular weight is 399 g/mol. The van der Waals surface area contributed by atoms with Crippen molar-refractivity contribution >= 4 is 23.2 Å². The summed E-state index contributed by atoms with van der Waals surface area (Å²) in [6.07, 6.45) is 1.03. The van der Waals surface area contributed by atoms with Crippen LogP contribution in [0, 0.1) is 5.92 Å². The van der Waals surface area contributed by atoms with E-state index in [2.05, 4.69) is 15.6 Å². The second kappa shape index (κ2) is 8.45. The summed E-state index contributed by atoms with van der Waals surface area (Å²) in [6.45, 7) is 0.405. The average Bonchev–Trinajstić information content (AvgIpc) is 2.68. The minimum atomic E-state index is -4.18. The normalized spacial score (nSPS) is 19.5. The maximum absolute atomic E-state index is 13.0. The molecule has 6 nitrogen and oxygen atoms in total. The highest BCUT2D eigenvalue weighted by atomic mass is 19.4. The van der Waals surface area contributed by atoms with E-state index in [1.54, 1.807) is 18.0 Å². The number of rotatable bonds is 4. The van der Waals surface area contributed by atoms with Gasteiger partial charge in [0.1, 0.15) is 5.82 Å². The number of aromatic nitrogens is 1. The zero-order chi connectivity index (χ0) is 20.3. The molecule has 1 aliphatic carbocycles. The Hall–Kier alpha value is -2.19. The highest BCUT2D eigenvalue weighted by molar-refractivity contribution is 6.00. The summed E-state index contributed by atoms with van der Waals surface area (Å²) in [5.41, 5.74) is 6.67. The molecule has 4 N–H and O–H groups in total. The number of nitrogens with one attached hydrogen (secondary N) is 2. The number of hydrogen-bond acceptors (Lipinski definition) is 5. The van der Waals surface area contributed by atoms with E-state index in [0.29, 0.717) is 22.9 Å². The van der Waals surface area contributed by atoms with Gasteiger partial charge >= 0.3 is 6.18 Å². The Morgan fingerprint density at radius 2 is 1.82 bits per heavy atom. The highest BCUT2D eigenvalue weighted by Gasteiger charge is 2.41. The number of piperidine rings is 1. The molecule has 1 aromatic rings. The molecule has 2 fully saturated rings. The number of halogens is 3. The first-order valence-electron chi connectivity index (χ1n) is 9.90. The predicted octanol–water partition coefficient (Wildman–Crippen LogP) is 3.55. The Morgan fingerprint density at radius 3 is 2.39 bits per heavy atom. The van der Waals surface area contributed by atoms with Crippen LogP contribution in [0.25, 0.3) is 0 Å². The molecular weight excluding hydrogens is 371 g/mol. The highest BCUT2D eigenvalue weighted by Crippen LogP contribution is 2.36. The summed E-state index contributed by atoms with van der Waals surface area (Å²) in [4.78, 5) is 19.1. The molecule has 0 aromatic carbocycles. The molecule has 0 spiro atoms. The summed E-state index contributed by atoms with van der Waals surface area (Å²) < 4.78 is 39.0. The van der Waals surface area contributed by atoms with E-state index in [4.69, 9.17) is 5.73 Å². The number of alkyl halides is 3. The lowest BCUT2D eigenvalue weighted by molar-refractivity contribution is -0.179. The van der Waals surface area contributed by atoms with Gasteiger partial charge in [0.15, 0.2) is 5.82 Å². The number of nitrogens with zero attached hydrogens (tertiary/aromatic N) is 2. The molecule has 156 valence electrons. The summed E-state index contributed by atoms with van der Waals surface area (Å²) in [7, 11) is 1.67. The molecule has 1 amide bonds. The monoisotopic (exact) mass is 399 g/mol. The molecule has 1 aliphatic heterocycles. The van der Waals surface area contributed by atoms with E-state index >= 15 is 0 Å². The van der Waals surface area contributed by atoms with Crippen molar-refractivity contribution in [2.24, 2.45) is 5.92 Å². The molecule has 0 bridgehead atoms. The fourth-order valence-electron chi connectivity index (χ4n) is 4.06. The van der Waals surface area contributed by atoms with E-state index in [-0.39, 0.29) is 37.9 Å². The summed E-state index contributed by atoms with van der Waals surface area (Å²) in [5, 5.41) is 5.93. The van der Waals surface area contributed by atoms with Crippen molar-refractivity contribution in [1.29, 1.82) is 0 Å². The van der Waals surface area contributed by atoms with Crippen LogP contribution < -0.4 is 21.3 Å². The summed E-state index contributed by atoms with van der Waals surface area (Å²) in [5.74, 6) is -0.753. The second-order valence-electron chi connectivity index (χ2n) is 7.66. The molecule has 2 aliphatic rings. The predicted molar refractivity (Wildman–Crippen MR) is 104 cm³/mol. The Morgan fingerprint density at radius 1 is 1.18 bits per heavy atom. The van der Waals surface area contributed by atoms with Crippen LogP contribution in [0.2, 0.25) is 0 Å². The van der Waals surface area contributed by atoms with Crippen molar-refractivity contribution in [3.63, 3.8) is 0 Å². The van der Waals surface area contributed by atoms with Gasteiger partial charge in [0.25, 0.3) is 5.91 Å². The molecule has 9 heteroatoms. The van der Waals surface area contributed by atoms with Gasteiger partial charge in [-0.05, 0) is 31.7 Å². The zero-order valence-corrected chi connectivity index (χ0v) is 16.1. The molecule has 2 heterocycles. The standard InChI is InChI=1S/C19H28F3N5O/c1-24-16-15(23)11-14(18(28)25-13-5-3-2-4-6-13)17(26-16)27-9-7-12(8-10-27)19(20,21)22/h11-13H,2-10,23H2,1H3,(H,24,26)(H,25,28). The van der Waals surface area contributed by atoms with Crippen molar-refractivity contribution in [1.82, 2.24) is 10.3 Å². The van der Waals surface area contributed by atoms with Gasteiger partial charge in [-0.2, -0.15) is 13.2 Å². The van der Waals surface area contributed by atoms with Crippen LogP contribution in [0.5, 0.6) is 0 Å². The second-order valence-corrected chi connectivity index (χ2v) is 7.66. The van der Waals surface area contributed by atoms with Gasteiger partial charge in [-0.1, -0.05) is 19.3 Å². The van der Waals surface area contributed by atoms with E-state index in [1.807, 2.05) is 0 Å². The maximum Gasteiger partial charge on any atom is 0.391 e. The SMILES string of the molecule is CNc1nc(N2CCC(C(F)(F)F)CC2)c(C(=O)NC2CCCCC2)cc1N. The third-order valence-corrected chi connectivity index (χ3v) is 5.71. The number of pyridine rings is 1. The van der Waals surface area contributed by atoms with Crippen LogP contribution in [0.4, 0.5) is 30.5 Å². The minimum Gasteiger partial charge on any atom is -0.396 e. The smallest absolute Gasteiger partial charge is 0.391 e. The van der Waals surface area contributed by atoms with Crippen LogP contribution in [-0.4, -0.2) is 43.2 Å². The number of carbonyl (C=O) groups is 1. The number of carbonyl (C=O) groups excluding carboxylic acids is 1. The van der Waals surface area contributed by atoms with Gasteiger partial charge in [0, 0.05) is 26.2 Å². The first-order valence-corrected chi connectivity index (χ1v) is 9.90. The van der Waals surface area contributed by atoms with E-state index < -0.39 is 12.1 Å². The van der Waals surface area contributed by atoms with E-state index in [1.165, 1.54) is 6.42 Å². The van der Waals surface area contributed by atoms with Crippen LogP contribution in [-0.2, 0) is 0 Å². The van der Waals surface area contributed by atoms with E-state index in [0.717, 1.165) is 25.7 Å². The van der Waals surface area contributed by atoms with Crippen LogP contribution in [0.3, 0.4) is 0 Å². The van der Waals surface area contributed by atoms with Crippen molar-refractivity contribution < 1.29 is 18.0 Å². The zero-order valence-electron chi connectivity index (χ0n) is 16.1. The van der Waals surface area contributed by atoms with Gasteiger partial charge in [-0.15, -0.1) is 0 Å². The van der Waals surface area contributed by atoms with Gasteiger partial charge in [-0.3, -0.25) is 4.79 Å². The first kappa shape index (κ1) is 20.5. The Balaban J connectivity index is 1.81. The Bertz CT molecular complexity index is 696. The third-order valence-electron chi connectivity index (χ3n) is 5.71. The molecule has 3 rings (SSSR count). The lowest BCUT2D eigenvalue weighted by Gasteiger charge is -2.35. The van der Waals surface area contributed by atoms with Crippen LogP contribution in [0.15, 0.2) is 6.07 Å². The van der Waals surface area contributed by atoms with Gasteiger partial charge in [-0.25, -0.2) is 4.98 Å². The van der Waals surface area contributed by atoms with Gasteiger partial charge in [0.2, 0.25) is 0 Å². The molecular formula is C19H28F3N5O. The molecule has 0 atom stereocenters. The van der Waals surface area contributed by atoms with Crippen molar-refractivity contribution in [3.05, 3.63) is 11.6 Å². The summed E-state index contributed by atoms with van der Waals surface area (Å²) in [6, 6.07) is 1.69. The largest absolute Gasteiger partial charge is 0.396 e. The van der Waals surface area contributed by atoms with Gasteiger partial charge < -0.3 is 21.3 Å². The lowest BCUT2D eigenvalue weighted by atomic mass is 9.95. The van der Waals surface area contributed by atoms with Crippen LogP contribution >= 0.6 is 0 Å². The van der Waals surface area contributed by atoms with E-state index in [9.17, 15) is 18.0 Å². The lowest BCUT2D eigenvalue weighted by Crippen LogP contribution is -2.41. The minimum absolute atomic E-state index is 0.00583. The fraction of sp³-hybridized carbons (Fsp3) is 0.684. The molecule has 1 saturated carbocycles. The molecule has 0 unspecified atom stereocenters. The van der Waals surface area contributed by atoms with Crippen molar-refractivity contribution in [2.45, 2.75) is 57.2 Å². The first-order chi connectivity index (χ1) is 13.3. The number of anilines is 3. The molecule has 28 heavy (non-hydrogen) atoms. The topological polar surface area (TPSA) is 83.3 Å². The summed E-state index contributed by atoms with van der Waals surface area (Å²) >= 11 is 0. The number of amides is 1. The Labute approximate surface area is 163 Å². The Kier molecular flexibility index (Phi) is 6.20. The number of hydrogen-bond donors (Lipinski definition) is 3. The third kappa shape index (κ3) is 4.62. The number of nitrogens with two attached hydrogens (primary N) is 1. The van der Waals surface area contributed by atoms with Crippen molar-refractivity contribution in [2.75, 3.05) is 36.1 Å².